The van der Waals surface area contributed by atoms with Gasteiger partial charge in [0.25, 0.3) is 0 Å². The van der Waals surface area contributed by atoms with Crippen LogP contribution in [-0.2, 0) is 20.9 Å². The van der Waals surface area contributed by atoms with Gasteiger partial charge in [-0.3, -0.25) is 4.79 Å². The molecule has 1 aromatic rings. The fourth-order valence-electron chi connectivity index (χ4n) is 1.36. The van der Waals surface area contributed by atoms with Crippen molar-refractivity contribution >= 4 is 5.97 Å². The Morgan fingerprint density at radius 3 is 2.71 bits per heavy atom. The number of aliphatic hydroxyl groups excluding tert-OH is 1. The number of carbonyl (C=O) groups is 1. The topological polar surface area (TPSA) is 55.8 Å². The van der Waals surface area contributed by atoms with Crippen LogP contribution in [0, 0.1) is 0 Å². The largest absolute Gasteiger partial charge is 0.469 e. The fraction of sp³-hybridized carbons (Fsp3) is 0.462. The predicted molar refractivity (Wildman–Crippen MR) is 63.4 cm³/mol. The molecule has 0 saturated heterocycles. The first-order chi connectivity index (χ1) is 8.22. The zero-order valence-corrected chi connectivity index (χ0v) is 9.96. The van der Waals surface area contributed by atoms with E-state index in [4.69, 9.17) is 4.74 Å². The summed E-state index contributed by atoms with van der Waals surface area (Å²) in [4.78, 5) is 10.9. The van der Waals surface area contributed by atoms with Gasteiger partial charge in [0, 0.05) is 6.61 Å². The molecule has 1 rings (SSSR count). The highest BCUT2D eigenvalue weighted by molar-refractivity contribution is 5.69. The minimum Gasteiger partial charge on any atom is -0.469 e. The van der Waals surface area contributed by atoms with Gasteiger partial charge in [-0.15, -0.1) is 0 Å². The summed E-state index contributed by atoms with van der Waals surface area (Å²) >= 11 is 0. The molecule has 4 heteroatoms. The number of methoxy groups -OCH3 is 1. The summed E-state index contributed by atoms with van der Waals surface area (Å²) < 4.78 is 9.85. The van der Waals surface area contributed by atoms with Crippen molar-refractivity contribution in [1.29, 1.82) is 0 Å². The molecule has 1 atom stereocenters. The second kappa shape index (κ2) is 7.81. The van der Waals surface area contributed by atoms with E-state index in [9.17, 15) is 9.90 Å². The van der Waals surface area contributed by atoms with E-state index in [0.717, 1.165) is 5.56 Å². The third kappa shape index (κ3) is 6.04. The number of esters is 1. The van der Waals surface area contributed by atoms with Crippen molar-refractivity contribution in [1.82, 2.24) is 0 Å². The molecule has 0 saturated carbocycles. The Kier molecular flexibility index (Phi) is 6.29. The van der Waals surface area contributed by atoms with E-state index in [1.807, 2.05) is 30.3 Å². The molecule has 0 unspecified atom stereocenters. The summed E-state index contributed by atoms with van der Waals surface area (Å²) in [5.74, 6) is -0.402. The molecule has 0 spiro atoms. The molecule has 0 radical (unpaired) electrons. The highest BCUT2D eigenvalue weighted by atomic mass is 16.5. The van der Waals surface area contributed by atoms with Crippen LogP contribution in [0.4, 0.5) is 0 Å². The van der Waals surface area contributed by atoms with Crippen molar-refractivity contribution in [3.63, 3.8) is 0 Å². The monoisotopic (exact) mass is 238 g/mol. The van der Waals surface area contributed by atoms with Crippen LogP contribution in [0.5, 0.6) is 0 Å². The third-order valence-electron chi connectivity index (χ3n) is 2.34. The van der Waals surface area contributed by atoms with Crippen molar-refractivity contribution in [2.24, 2.45) is 0 Å². The Bertz CT molecular complexity index is 323. The molecule has 4 nitrogen and oxygen atoms in total. The maximum absolute atomic E-state index is 10.9. The molecule has 0 aliphatic rings. The first-order valence-corrected chi connectivity index (χ1v) is 5.59. The van der Waals surface area contributed by atoms with Gasteiger partial charge in [0.15, 0.2) is 0 Å². The second-order valence-electron chi connectivity index (χ2n) is 3.76. The van der Waals surface area contributed by atoms with Crippen molar-refractivity contribution in [2.45, 2.75) is 25.6 Å². The smallest absolute Gasteiger partial charge is 0.308 e. The Hall–Kier alpha value is -1.39. The lowest BCUT2D eigenvalue weighted by Crippen LogP contribution is -2.16. The minimum atomic E-state index is -0.696. The van der Waals surface area contributed by atoms with Crippen molar-refractivity contribution < 1.29 is 19.4 Å². The van der Waals surface area contributed by atoms with Crippen molar-refractivity contribution in [3.8, 4) is 0 Å². The standard InChI is InChI=1S/C13H18O4/c1-16-13(15)9-12(14)7-8-17-10-11-5-3-2-4-6-11/h2-6,12,14H,7-10H2,1H3/t12-/m0/s1. The molecule has 0 aliphatic heterocycles. The Morgan fingerprint density at radius 1 is 1.35 bits per heavy atom. The quantitative estimate of drug-likeness (QED) is 0.578. The molecule has 0 heterocycles. The van der Waals surface area contributed by atoms with Crippen LogP contribution >= 0.6 is 0 Å². The van der Waals surface area contributed by atoms with Crippen LogP contribution in [0.3, 0.4) is 0 Å². The average molecular weight is 238 g/mol. The van der Waals surface area contributed by atoms with E-state index < -0.39 is 12.1 Å². The number of benzene rings is 1. The summed E-state index contributed by atoms with van der Waals surface area (Å²) in [6.07, 6.45) is -0.245. The fourth-order valence-corrected chi connectivity index (χ4v) is 1.36. The second-order valence-corrected chi connectivity index (χ2v) is 3.76. The maximum atomic E-state index is 10.9. The number of hydrogen-bond donors (Lipinski definition) is 1. The van der Waals surface area contributed by atoms with Gasteiger partial charge in [-0.2, -0.15) is 0 Å². The van der Waals surface area contributed by atoms with Gasteiger partial charge in [-0.25, -0.2) is 0 Å². The molecule has 0 aromatic heterocycles. The van der Waals surface area contributed by atoms with E-state index in [1.54, 1.807) is 0 Å². The summed E-state index contributed by atoms with van der Waals surface area (Å²) in [6, 6.07) is 9.80. The van der Waals surface area contributed by atoms with Crippen LogP contribution in [0.2, 0.25) is 0 Å². The zero-order valence-electron chi connectivity index (χ0n) is 9.96. The molecule has 94 valence electrons. The lowest BCUT2D eigenvalue weighted by molar-refractivity contribution is -0.143. The molecular formula is C13H18O4. The average Bonchev–Trinajstić information content (AvgIpc) is 2.36. The predicted octanol–water partition coefficient (Wildman–Crippen LogP) is 1.52. The third-order valence-corrected chi connectivity index (χ3v) is 2.34. The molecule has 1 aromatic carbocycles. The van der Waals surface area contributed by atoms with E-state index in [-0.39, 0.29) is 6.42 Å². The van der Waals surface area contributed by atoms with Crippen LogP contribution in [0.15, 0.2) is 30.3 Å². The van der Waals surface area contributed by atoms with E-state index in [2.05, 4.69) is 4.74 Å². The Balaban J connectivity index is 2.10. The molecule has 1 N–H and O–H groups in total. The molecular weight excluding hydrogens is 220 g/mol. The van der Waals surface area contributed by atoms with Crippen molar-refractivity contribution in [3.05, 3.63) is 35.9 Å². The van der Waals surface area contributed by atoms with Gasteiger partial charge in [-0.05, 0) is 12.0 Å². The highest BCUT2D eigenvalue weighted by Crippen LogP contribution is 2.03. The molecule has 0 bridgehead atoms. The van der Waals surface area contributed by atoms with Gasteiger partial charge in [0.1, 0.15) is 0 Å². The van der Waals surface area contributed by atoms with Gasteiger partial charge >= 0.3 is 5.97 Å². The van der Waals surface area contributed by atoms with Crippen LogP contribution in [0.1, 0.15) is 18.4 Å². The van der Waals surface area contributed by atoms with E-state index in [1.165, 1.54) is 7.11 Å². The normalized spacial score (nSPS) is 12.1. The number of ether oxygens (including phenoxy) is 2. The summed E-state index contributed by atoms with van der Waals surface area (Å²) in [5.41, 5.74) is 1.09. The maximum Gasteiger partial charge on any atom is 0.308 e. The zero-order chi connectivity index (χ0) is 12.5. The Labute approximate surface area is 101 Å². The first-order valence-electron chi connectivity index (χ1n) is 5.59. The first kappa shape index (κ1) is 13.7. The van der Waals surface area contributed by atoms with Gasteiger partial charge < -0.3 is 14.6 Å². The van der Waals surface area contributed by atoms with Crippen LogP contribution < -0.4 is 0 Å². The highest BCUT2D eigenvalue weighted by Gasteiger charge is 2.10. The van der Waals surface area contributed by atoms with E-state index >= 15 is 0 Å². The van der Waals surface area contributed by atoms with Crippen LogP contribution in [-0.4, -0.2) is 30.9 Å². The van der Waals surface area contributed by atoms with Gasteiger partial charge in [0.05, 0.1) is 26.2 Å². The minimum absolute atomic E-state index is 0.0190. The van der Waals surface area contributed by atoms with Gasteiger partial charge in [-0.1, -0.05) is 30.3 Å². The molecule has 0 amide bonds. The number of carbonyl (C=O) groups excluding carboxylic acids is 1. The molecule has 0 fully saturated rings. The molecule has 0 aliphatic carbocycles. The summed E-state index contributed by atoms with van der Waals surface area (Å²) in [7, 11) is 1.31. The lowest BCUT2D eigenvalue weighted by atomic mass is 10.2. The van der Waals surface area contributed by atoms with Gasteiger partial charge in [0.2, 0.25) is 0 Å². The number of aliphatic hydroxyl groups is 1. The summed E-state index contributed by atoms with van der Waals surface area (Å²) in [5, 5.41) is 9.47. The lowest BCUT2D eigenvalue weighted by Gasteiger charge is -2.09. The number of rotatable bonds is 7. The number of hydrogen-bond acceptors (Lipinski definition) is 4. The Morgan fingerprint density at radius 2 is 2.06 bits per heavy atom. The molecule has 17 heavy (non-hydrogen) atoms. The summed E-state index contributed by atoms with van der Waals surface area (Å²) in [6.45, 7) is 0.943. The SMILES string of the molecule is COC(=O)C[C@@H](O)CCOCc1ccccc1. The van der Waals surface area contributed by atoms with Crippen molar-refractivity contribution in [2.75, 3.05) is 13.7 Å². The van der Waals surface area contributed by atoms with Crippen LogP contribution in [0.25, 0.3) is 0 Å². The van der Waals surface area contributed by atoms with E-state index in [0.29, 0.717) is 19.6 Å².